The molecule has 1 nitrogen and oxygen atoms in total. The Balaban J connectivity index is 1.60. The third kappa shape index (κ3) is 5.85. The molecule has 0 unspecified atom stereocenters. The summed E-state index contributed by atoms with van der Waals surface area (Å²) in [4.78, 5) is 12.3. The number of benzene rings is 2. The normalized spacial score (nSPS) is 17.5. The molecule has 0 aliphatic heterocycles. The van der Waals surface area contributed by atoms with E-state index in [1.807, 2.05) is 12.1 Å². The summed E-state index contributed by atoms with van der Waals surface area (Å²) in [6, 6.07) is 17.5. The van der Waals surface area contributed by atoms with Crippen LogP contribution in [0, 0.1) is 0 Å². The minimum atomic E-state index is 0.297. The van der Waals surface area contributed by atoms with Crippen molar-refractivity contribution in [2.24, 2.45) is 0 Å². The molecular formula is C24H30O. The number of carbonyl (C=O) groups is 1. The Labute approximate surface area is 152 Å². The highest BCUT2D eigenvalue weighted by Crippen LogP contribution is 2.16. The summed E-state index contributed by atoms with van der Waals surface area (Å²) in [7, 11) is 0. The van der Waals surface area contributed by atoms with Gasteiger partial charge < -0.3 is 0 Å². The fourth-order valence-electron chi connectivity index (χ4n) is 3.68. The molecule has 0 saturated carbocycles. The van der Waals surface area contributed by atoms with Crippen molar-refractivity contribution < 1.29 is 4.79 Å². The minimum absolute atomic E-state index is 0.297. The quantitative estimate of drug-likeness (QED) is 0.550. The van der Waals surface area contributed by atoms with Crippen molar-refractivity contribution in [3.8, 4) is 0 Å². The lowest BCUT2D eigenvalue weighted by Crippen LogP contribution is -2.00. The summed E-state index contributed by atoms with van der Waals surface area (Å²) >= 11 is 0. The van der Waals surface area contributed by atoms with Crippen LogP contribution < -0.4 is 0 Å². The molecule has 4 aliphatic carbocycles. The van der Waals surface area contributed by atoms with Gasteiger partial charge in [0.25, 0.3) is 0 Å². The molecule has 2 aromatic carbocycles. The second-order valence-corrected chi connectivity index (χ2v) is 7.41. The van der Waals surface area contributed by atoms with E-state index in [-0.39, 0.29) is 0 Å². The summed E-state index contributed by atoms with van der Waals surface area (Å²) in [6.45, 7) is 0. The third-order valence-corrected chi connectivity index (χ3v) is 5.35. The third-order valence-electron chi connectivity index (χ3n) is 5.35. The zero-order chi connectivity index (χ0) is 17.3. The van der Waals surface area contributed by atoms with Gasteiger partial charge in [-0.15, -0.1) is 0 Å². The van der Waals surface area contributed by atoms with Crippen LogP contribution in [0.3, 0.4) is 0 Å². The van der Waals surface area contributed by atoms with E-state index < -0.39 is 0 Å². The van der Waals surface area contributed by atoms with Gasteiger partial charge in [-0.25, -0.2) is 0 Å². The summed E-state index contributed by atoms with van der Waals surface area (Å²) in [5.74, 6) is 0.297. The van der Waals surface area contributed by atoms with Gasteiger partial charge in [0.2, 0.25) is 0 Å². The molecule has 0 spiro atoms. The highest BCUT2D eigenvalue weighted by atomic mass is 16.1. The molecule has 0 aromatic heterocycles. The Kier molecular flexibility index (Phi) is 6.85. The van der Waals surface area contributed by atoms with Crippen LogP contribution in [0.4, 0.5) is 0 Å². The van der Waals surface area contributed by atoms with Gasteiger partial charge in [0.05, 0.1) is 0 Å². The first kappa shape index (κ1) is 17.9. The van der Waals surface area contributed by atoms with Gasteiger partial charge in [-0.05, 0) is 61.6 Å². The molecule has 0 saturated heterocycles. The number of rotatable bonds is 0. The lowest BCUT2D eigenvalue weighted by atomic mass is 9.98. The molecule has 0 fully saturated rings. The number of hydrogen-bond acceptors (Lipinski definition) is 1. The molecule has 2 aromatic rings. The monoisotopic (exact) mass is 334 g/mol. The number of Topliss-reactive ketones (excluding diaryl/α,β-unsaturated/α-hetero) is 1. The van der Waals surface area contributed by atoms with Gasteiger partial charge in [-0.2, -0.15) is 0 Å². The first-order valence-electron chi connectivity index (χ1n) is 10.0. The van der Waals surface area contributed by atoms with Crippen LogP contribution in [-0.2, 0) is 19.3 Å². The number of hydrogen-bond donors (Lipinski definition) is 0. The summed E-state index contributed by atoms with van der Waals surface area (Å²) < 4.78 is 0. The Morgan fingerprint density at radius 1 is 0.440 bits per heavy atom. The van der Waals surface area contributed by atoms with E-state index in [2.05, 4.69) is 36.4 Å². The fourth-order valence-corrected chi connectivity index (χ4v) is 3.68. The molecule has 25 heavy (non-hydrogen) atoms. The Bertz CT molecular complexity index is 651. The van der Waals surface area contributed by atoms with Crippen LogP contribution in [-0.4, -0.2) is 5.78 Å². The standard InChI is InChI=1S/C24H30O/c25-24-11-7-3-6-10-21-14-12-20(13-15-21)8-4-1-2-5-9-22-16-18-23(24)19-17-22/h12-19H,1-11H2. The molecule has 4 aliphatic rings. The molecule has 0 amide bonds. The number of ketones is 1. The van der Waals surface area contributed by atoms with Crippen LogP contribution in [0.1, 0.15) is 78.4 Å². The van der Waals surface area contributed by atoms with Crippen molar-refractivity contribution in [1.82, 2.24) is 0 Å². The van der Waals surface area contributed by atoms with Crippen LogP contribution in [0.5, 0.6) is 0 Å². The lowest BCUT2D eigenvalue weighted by Gasteiger charge is -2.07. The van der Waals surface area contributed by atoms with Crippen molar-refractivity contribution in [2.45, 2.75) is 70.6 Å². The van der Waals surface area contributed by atoms with E-state index in [0.29, 0.717) is 12.2 Å². The molecule has 0 N–H and O–H groups in total. The Hall–Kier alpha value is -1.89. The van der Waals surface area contributed by atoms with Crippen molar-refractivity contribution in [1.29, 1.82) is 0 Å². The maximum absolute atomic E-state index is 12.3. The molecule has 0 radical (unpaired) electrons. The average Bonchev–Trinajstić information content (AvgIpc) is 2.65. The van der Waals surface area contributed by atoms with E-state index in [1.165, 1.54) is 55.2 Å². The van der Waals surface area contributed by atoms with Gasteiger partial charge in [-0.1, -0.05) is 67.8 Å². The smallest absolute Gasteiger partial charge is 0.162 e. The van der Waals surface area contributed by atoms with Crippen LogP contribution in [0.15, 0.2) is 48.5 Å². The summed E-state index contributed by atoms with van der Waals surface area (Å²) in [5, 5.41) is 0. The first-order valence-corrected chi connectivity index (χ1v) is 10.0. The second-order valence-electron chi connectivity index (χ2n) is 7.41. The van der Waals surface area contributed by atoms with E-state index >= 15 is 0 Å². The van der Waals surface area contributed by atoms with Crippen LogP contribution >= 0.6 is 0 Å². The van der Waals surface area contributed by atoms with Gasteiger partial charge in [-0.3, -0.25) is 4.79 Å². The molecule has 0 heterocycles. The van der Waals surface area contributed by atoms with Crippen LogP contribution in [0.25, 0.3) is 0 Å². The van der Waals surface area contributed by atoms with E-state index in [4.69, 9.17) is 0 Å². The second kappa shape index (κ2) is 9.56. The zero-order valence-electron chi connectivity index (χ0n) is 15.3. The van der Waals surface area contributed by atoms with Gasteiger partial charge in [0.1, 0.15) is 0 Å². The summed E-state index contributed by atoms with van der Waals surface area (Å²) in [5.41, 5.74) is 5.15. The topological polar surface area (TPSA) is 17.1 Å². The van der Waals surface area contributed by atoms with Crippen molar-refractivity contribution in [2.75, 3.05) is 0 Å². The van der Waals surface area contributed by atoms with E-state index in [0.717, 1.165) is 31.2 Å². The van der Waals surface area contributed by atoms with E-state index in [9.17, 15) is 4.79 Å². The van der Waals surface area contributed by atoms with Crippen molar-refractivity contribution in [3.63, 3.8) is 0 Å². The predicted molar refractivity (Wildman–Crippen MR) is 105 cm³/mol. The average molecular weight is 335 g/mol. The SMILES string of the molecule is O=C1CCCCCc2ccc(cc2)CCCCCCc2ccc1cc2. The van der Waals surface area contributed by atoms with Gasteiger partial charge in [0.15, 0.2) is 5.78 Å². The lowest BCUT2D eigenvalue weighted by molar-refractivity contribution is 0.0979. The largest absolute Gasteiger partial charge is 0.294 e. The highest BCUT2D eigenvalue weighted by molar-refractivity contribution is 5.96. The van der Waals surface area contributed by atoms with Gasteiger partial charge >= 0.3 is 0 Å². The predicted octanol–water partition coefficient (Wildman–Crippen LogP) is 6.33. The number of carbonyl (C=O) groups excluding carboxylic acids is 1. The zero-order valence-corrected chi connectivity index (χ0v) is 15.3. The maximum Gasteiger partial charge on any atom is 0.162 e. The maximum atomic E-state index is 12.3. The van der Waals surface area contributed by atoms with E-state index in [1.54, 1.807) is 0 Å². The number of aryl methyl sites for hydroxylation is 3. The molecule has 132 valence electrons. The minimum Gasteiger partial charge on any atom is -0.294 e. The molecule has 1 heteroatoms. The molecule has 6 rings (SSSR count). The Morgan fingerprint density at radius 3 is 1.28 bits per heavy atom. The summed E-state index contributed by atoms with van der Waals surface area (Å²) in [6.07, 6.45) is 12.6. The fraction of sp³-hybridized carbons (Fsp3) is 0.458. The molecular weight excluding hydrogens is 304 g/mol. The van der Waals surface area contributed by atoms with Crippen LogP contribution in [0.2, 0.25) is 0 Å². The molecule has 4 bridgehead atoms. The van der Waals surface area contributed by atoms with Crippen molar-refractivity contribution in [3.05, 3.63) is 70.8 Å². The van der Waals surface area contributed by atoms with Crippen molar-refractivity contribution >= 4 is 5.78 Å². The molecule has 0 atom stereocenters. The van der Waals surface area contributed by atoms with Gasteiger partial charge in [0, 0.05) is 12.0 Å². The highest BCUT2D eigenvalue weighted by Gasteiger charge is 2.06. The Morgan fingerprint density at radius 2 is 0.800 bits per heavy atom. The first-order chi connectivity index (χ1) is 12.3.